The van der Waals surface area contributed by atoms with Crippen molar-refractivity contribution in [2.75, 3.05) is 13.1 Å². The largest absolute Gasteiger partial charge is 0.573 e. The van der Waals surface area contributed by atoms with Crippen LogP contribution in [0.25, 0.3) is 10.9 Å². The zero-order valence-electron chi connectivity index (χ0n) is 12.9. The molecule has 1 amide bonds. The molecule has 0 bridgehead atoms. The van der Waals surface area contributed by atoms with Gasteiger partial charge in [-0.3, -0.25) is 4.79 Å². The van der Waals surface area contributed by atoms with Gasteiger partial charge >= 0.3 is 6.36 Å². The Hall–Kier alpha value is -2.29. The van der Waals surface area contributed by atoms with Gasteiger partial charge in [-0.15, -0.1) is 13.2 Å². The second-order valence-electron chi connectivity index (χ2n) is 5.10. The number of benzene rings is 1. The van der Waals surface area contributed by atoms with Gasteiger partial charge in [-0.25, -0.2) is 4.39 Å². The van der Waals surface area contributed by atoms with Crippen molar-refractivity contribution in [3.05, 3.63) is 29.7 Å². The lowest BCUT2D eigenvalue weighted by molar-refractivity contribution is -0.274. The summed E-state index contributed by atoms with van der Waals surface area (Å²) >= 11 is 0. The highest BCUT2D eigenvalue weighted by molar-refractivity contribution is 6.09. The zero-order chi connectivity index (χ0) is 17.9. The minimum Gasteiger partial charge on any atom is -0.405 e. The van der Waals surface area contributed by atoms with Crippen LogP contribution in [0.5, 0.6) is 5.75 Å². The molecule has 0 radical (unpaired) electrons. The number of fused-ring (bicyclic) bond motifs is 1. The monoisotopic (exact) mass is 347 g/mol. The normalized spacial score (nSPS) is 11.8. The number of hydrogen-bond donors (Lipinski definition) is 2. The second-order valence-corrected chi connectivity index (χ2v) is 5.10. The van der Waals surface area contributed by atoms with Crippen LogP contribution in [0.2, 0.25) is 0 Å². The molecule has 132 valence electrons. The number of carbonyl (C=O) groups is 1. The predicted molar refractivity (Wildman–Crippen MR) is 80.3 cm³/mol. The van der Waals surface area contributed by atoms with Crippen molar-refractivity contribution >= 4 is 16.8 Å². The van der Waals surface area contributed by atoms with Crippen LogP contribution in [0.1, 0.15) is 23.7 Å². The van der Waals surface area contributed by atoms with Crippen molar-refractivity contribution in [1.29, 1.82) is 0 Å². The Labute approximate surface area is 135 Å². The van der Waals surface area contributed by atoms with Gasteiger partial charge in [-0.2, -0.15) is 0 Å². The summed E-state index contributed by atoms with van der Waals surface area (Å²) in [6, 6.07) is 1.72. The number of alkyl halides is 3. The summed E-state index contributed by atoms with van der Waals surface area (Å²) in [4.78, 5) is 12.2. The average molecular weight is 347 g/mol. The van der Waals surface area contributed by atoms with Crippen molar-refractivity contribution in [2.45, 2.75) is 26.3 Å². The summed E-state index contributed by atoms with van der Waals surface area (Å²) in [6.45, 7) is 2.44. The number of ether oxygens (including phenoxy) is 1. The molecular formula is C15H17F4N3O2. The number of rotatable bonds is 6. The van der Waals surface area contributed by atoms with Crippen molar-refractivity contribution < 1.29 is 27.1 Å². The molecule has 0 saturated carbocycles. The number of nitrogens with one attached hydrogen (secondary N) is 1. The fraction of sp³-hybridized carbons (Fsp3) is 0.400. The lowest BCUT2D eigenvalue weighted by Gasteiger charge is -2.12. The van der Waals surface area contributed by atoms with Gasteiger partial charge in [0.2, 0.25) is 0 Å². The van der Waals surface area contributed by atoms with Crippen LogP contribution in [-0.4, -0.2) is 29.9 Å². The molecule has 0 spiro atoms. The first-order valence-electron chi connectivity index (χ1n) is 7.33. The highest BCUT2D eigenvalue weighted by Crippen LogP contribution is 2.35. The second kappa shape index (κ2) is 7.08. The maximum atomic E-state index is 14.2. The van der Waals surface area contributed by atoms with Crippen LogP contribution in [0, 0.1) is 5.82 Å². The SMILES string of the molecule is CCCNC(=O)c1cn(CCN)c2c(F)ccc(OC(F)(F)F)c12. The molecule has 0 atom stereocenters. The van der Waals surface area contributed by atoms with Gasteiger partial charge < -0.3 is 20.4 Å². The Morgan fingerprint density at radius 2 is 2.08 bits per heavy atom. The molecule has 3 N–H and O–H groups in total. The summed E-state index contributed by atoms with van der Waals surface area (Å²) < 4.78 is 57.3. The molecule has 0 aliphatic heterocycles. The van der Waals surface area contributed by atoms with Crippen molar-refractivity contribution in [2.24, 2.45) is 5.73 Å². The van der Waals surface area contributed by atoms with Crippen LogP contribution >= 0.6 is 0 Å². The Balaban J connectivity index is 2.66. The van der Waals surface area contributed by atoms with E-state index >= 15 is 0 Å². The van der Waals surface area contributed by atoms with E-state index in [2.05, 4.69) is 10.1 Å². The first-order chi connectivity index (χ1) is 11.3. The maximum Gasteiger partial charge on any atom is 0.573 e. The minimum absolute atomic E-state index is 0.0920. The van der Waals surface area contributed by atoms with Gasteiger partial charge in [0.05, 0.1) is 16.5 Å². The van der Waals surface area contributed by atoms with E-state index in [0.29, 0.717) is 13.0 Å². The van der Waals surface area contributed by atoms with E-state index in [1.807, 2.05) is 6.92 Å². The average Bonchev–Trinajstić information content (AvgIpc) is 2.87. The van der Waals surface area contributed by atoms with Crippen molar-refractivity contribution in [1.82, 2.24) is 9.88 Å². The van der Waals surface area contributed by atoms with E-state index in [-0.39, 0.29) is 29.6 Å². The number of nitrogens with zero attached hydrogens (tertiary/aromatic N) is 1. The fourth-order valence-electron chi connectivity index (χ4n) is 2.40. The number of hydrogen-bond acceptors (Lipinski definition) is 3. The number of carbonyl (C=O) groups excluding carboxylic acids is 1. The van der Waals surface area contributed by atoms with Crippen LogP contribution in [0.15, 0.2) is 18.3 Å². The highest BCUT2D eigenvalue weighted by Gasteiger charge is 2.33. The van der Waals surface area contributed by atoms with Gasteiger partial charge in [0.25, 0.3) is 5.91 Å². The van der Waals surface area contributed by atoms with Gasteiger partial charge in [0.15, 0.2) is 0 Å². The number of aromatic nitrogens is 1. The van der Waals surface area contributed by atoms with E-state index in [1.165, 1.54) is 10.8 Å². The number of halogens is 4. The molecule has 2 aromatic rings. The topological polar surface area (TPSA) is 69.3 Å². The molecule has 5 nitrogen and oxygen atoms in total. The lowest BCUT2D eigenvalue weighted by atomic mass is 10.1. The summed E-state index contributed by atoms with van der Waals surface area (Å²) in [6.07, 6.45) is -3.03. The number of nitrogens with two attached hydrogens (primary N) is 1. The Bertz CT molecular complexity index is 740. The van der Waals surface area contributed by atoms with Crippen LogP contribution < -0.4 is 15.8 Å². The molecule has 0 aliphatic rings. The van der Waals surface area contributed by atoms with Gasteiger partial charge in [0, 0.05) is 25.8 Å². The Kier molecular flexibility index (Phi) is 5.33. The predicted octanol–water partition coefficient (Wildman–Crippen LogP) is 2.78. The van der Waals surface area contributed by atoms with E-state index in [0.717, 1.165) is 12.1 Å². The van der Waals surface area contributed by atoms with E-state index in [9.17, 15) is 22.4 Å². The molecule has 0 unspecified atom stereocenters. The molecule has 1 aromatic heterocycles. The molecule has 24 heavy (non-hydrogen) atoms. The van der Waals surface area contributed by atoms with Gasteiger partial charge in [-0.05, 0) is 18.6 Å². The quantitative estimate of drug-likeness (QED) is 0.790. The van der Waals surface area contributed by atoms with Crippen LogP contribution in [0.3, 0.4) is 0 Å². The smallest absolute Gasteiger partial charge is 0.405 e. The standard InChI is InChI=1S/C15H17F4N3O2/c1-2-6-21-14(23)9-8-22(7-5-20)13-10(16)3-4-11(12(9)13)24-15(17,18)19/h3-4,8H,2,5-7,20H2,1H3,(H,21,23). The zero-order valence-corrected chi connectivity index (χ0v) is 12.9. The molecule has 0 aliphatic carbocycles. The molecule has 0 fully saturated rings. The Morgan fingerprint density at radius 1 is 1.38 bits per heavy atom. The molecule has 9 heteroatoms. The lowest BCUT2D eigenvalue weighted by Crippen LogP contribution is -2.24. The first-order valence-corrected chi connectivity index (χ1v) is 7.33. The molecule has 1 aromatic carbocycles. The van der Waals surface area contributed by atoms with Crippen molar-refractivity contribution in [3.63, 3.8) is 0 Å². The highest BCUT2D eigenvalue weighted by atomic mass is 19.4. The molecular weight excluding hydrogens is 330 g/mol. The maximum absolute atomic E-state index is 14.2. The molecule has 0 saturated heterocycles. The van der Waals surface area contributed by atoms with Crippen LogP contribution in [0.4, 0.5) is 17.6 Å². The molecule has 1 heterocycles. The van der Waals surface area contributed by atoms with Crippen LogP contribution in [-0.2, 0) is 6.54 Å². The molecule has 2 rings (SSSR count). The third kappa shape index (κ3) is 3.78. The summed E-state index contributed by atoms with van der Waals surface area (Å²) in [5.41, 5.74) is 5.21. The van der Waals surface area contributed by atoms with Gasteiger partial charge in [0.1, 0.15) is 11.6 Å². The van der Waals surface area contributed by atoms with E-state index in [4.69, 9.17) is 5.73 Å². The van der Waals surface area contributed by atoms with Gasteiger partial charge in [-0.1, -0.05) is 6.92 Å². The third-order valence-electron chi connectivity index (χ3n) is 3.31. The van der Waals surface area contributed by atoms with E-state index < -0.39 is 23.8 Å². The first kappa shape index (κ1) is 18.1. The third-order valence-corrected chi connectivity index (χ3v) is 3.31. The number of amides is 1. The van der Waals surface area contributed by atoms with Crippen molar-refractivity contribution in [3.8, 4) is 5.75 Å². The Morgan fingerprint density at radius 3 is 2.67 bits per heavy atom. The fourth-order valence-corrected chi connectivity index (χ4v) is 2.40. The minimum atomic E-state index is -4.96. The summed E-state index contributed by atoms with van der Waals surface area (Å²) in [5, 5.41) is 2.34. The summed E-state index contributed by atoms with van der Waals surface area (Å²) in [7, 11) is 0. The van der Waals surface area contributed by atoms with E-state index in [1.54, 1.807) is 0 Å². The summed E-state index contributed by atoms with van der Waals surface area (Å²) in [5.74, 6) is -1.99.